The van der Waals surface area contributed by atoms with Crippen LogP contribution in [0.2, 0.25) is 0 Å². The molecule has 0 aliphatic heterocycles. The first kappa shape index (κ1) is 18.0. The van der Waals surface area contributed by atoms with E-state index < -0.39 is 0 Å². The highest BCUT2D eigenvalue weighted by molar-refractivity contribution is 4.95. The first-order chi connectivity index (χ1) is 9.63. The molecule has 0 saturated heterocycles. The zero-order valence-corrected chi connectivity index (χ0v) is 14.2. The summed E-state index contributed by atoms with van der Waals surface area (Å²) in [5.74, 6) is 0. The van der Waals surface area contributed by atoms with Crippen molar-refractivity contribution in [1.82, 2.24) is 4.90 Å². The van der Waals surface area contributed by atoms with E-state index in [0.717, 1.165) is 6.42 Å². The molecule has 0 bridgehead atoms. The Balaban J connectivity index is 2.38. The molecule has 1 aliphatic rings. The molecule has 0 spiro atoms. The van der Waals surface area contributed by atoms with Crippen LogP contribution in [0.25, 0.3) is 0 Å². The van der Waals surface area contributed by atoms with Crippen molar-refractivity contribution >= 4 is 0 Å². The third-order valence-electron chi connectivity index (χ3n) is 5.31. The van der Waals surface area contributed by atoms with Crippen LogP contribution < -0.4 is 0 Å². The predicted molar refractivity (Wildman–Crippen MR) is 88.1 cm³/mol. The second-order valence-corrected chi connectivity index (χ2v) is 6.98. The molecule has 1 N–H and O–H groups in total. The fourth-order valence-electron chi connectivity index (χ4n) is 3.81. The van der Waals surface area contributed by atoms with Crippen LogP contribution in [-0.2, 0) is 0 Å². The average molecular weight is 284 g/mol. The van der Waals surface area contributed by atoms with E-state index in [9.17, 15) is 5.11 Å². The summed E-state index contributed by atoms with van der Waals surface area (Å²) in [6.45, 7) is 2.26. The topological polar surface area (TPSA) is 23.5 Å². The number of hydrogen-bond acceptors (Lipinski definition) is 2. The van der Waals surface area contributed by atoms with Crippen LogP contribution in [0.3, 0.4) is 0 Å². The van der Waals surface area contributed by atoms with E-state index in [-0.39, 0.29) is 11.6 Å². The minimum Gasteiger partial charge on any atom is -0.391 e. The molecular formula is C18H37NO. The molecule has 0 heterocycles. The summed E-state index contributed by atoms with van der Waals surface area (Å²) in [4.78, 5) is 2.32. The van der Waals surface area contributed by atoms with Crippen molar-refractivity contribution in [3.05, 3.63) is 0 Å². The van der Waals surface area contributed by atoms with Crippen LogP contribution in [0, 0.1) is 0 Å². The van der Waals surface area contributed by atoms with Crippen LogP contribution in [0.4, 0.5) is 0 Å². The molecule has 0 amide bonds. The summed E-state index contributed by atoms with van der Waals surface area (Å²) in [7, 11) is 4.32. The van der Waals surface area contributed by atoms with Gasteiger partial charge in [0.2, 0.25) is 0 Å². The lowest BCUT2D eigenvalue weighted by Crippen LogP contribution is -2.53. The molecular weight excluding hydrogens is 246 g/mol. The Kier molecular flexibility index (Phi) is 8.79. The van der Waals surface area contributed by atoms with Crippen molar-refractivity contribution in [2.45, 2.75) is 102 Å². The summed E-state index contributed by atoms with van der Waals surface area (Å²) < 4.78 is 0. The van der Waals surface area contributed by atoms with Gasteiger partial charge in [-0.3, -0.25) is 0 Å². The first-order valence-corrected chi connectivity index (χ1v) is 8.99. The fraction of sp³-hybridized carbons (Fsp3) is 1.00. The van der Waals surface area contributed by atoms with Gasteiger partial charge in [0.1, 0.15) is 0 Å². The quantitative estimate of drug-likeness (QED) is 0.487. The summed E-state index contributed by atoms with van der Waals surface area (Å²) in [6, 6.07) is 0. The molecule has 1 fully saturated rings. The van der Waals surface area contributed by atoms with Crippen molar-refractivity contribution in [2.24, 2.45) is 0 Å². The Morgan fingerprint density at radius 1 is 0.900 bits per heavy atom. The van der Waals surface area contributed by atoms with Crippen molar-refractivity contribution in [1.29, 1.82) is 0 Å². The molecule has 0 aromatic rings. The van der Waals surface area contributed by atoms with Crippen LogP contribution in [0.15, 0.2) is 0 Å². The van der Waals surface area contributed by atoms with E-state index >= 15 is 0 Å². The summed E-state index contributed by atoms with van der Waals surface area (Å²) >= 11 is 0. The lowest BCUT2D eigenvalue weighted by molar-refractivity contribution is -0.0235. The molecule has 2 nitrogen and oxygen atoms in total. The third kappa shape index (κ3) is 5.37. The number of likely N-dealkylation sites (N-methyl/N-ethyl adjacent to an activating group) is 1. The molecule has 1 saturated carbocycles. The lowest BCUT2D eigenvalue weighted by Gasteiger charge is -2.43. The highest BCUT2D eigenvalue weighted by atomic mass is 16.3. The van der Waals surface area contributed by atoms with Crippen LogP contribution in [-0.4, -0.2) is 35.7 Å². The van der Waals surface area contributed by atoms with E-state index in [1.165, 1.54) is 77.0 Å². The standard InChI is InChI=1S/C18H37NO/c1-4-5-6-7-8-11-14-17(20)18(19(2)3)15-12-9-10-13-16-18/h17,20H,4-16H2,1-3H3. The minimum atomic E-state index is -0.137. The van der Waals surface area contributed by atoms with Gasteiger partial charge in [-0.1, -0.05) is 71.1 Å². The summed E-state index contributed by atoms with van der Waals surface area (Å²) in [5.41, 5.74) is 0.0555. The Bertz CT molecular complexity index is 232. The SMILES string of the molecule is CCCCCCCCC(O)C1(N(C)C)CCCCCC1. The molecule has 120 valence electrons. The van der Waals surface area contributed by atoms with E-state index in [1.807, 2.05) is 0 Å². The molecule has 0 aromatic carbocycles. The molecule has 20 heavy (non-hydrogen) atoms. The molecule has 1 atom stereocenters. The van der Waals surface area contributed by atoms with Crippen molar-refractivity contribution < 1.29 is 5.11 Å². The Hall–Kier alpha value is -0.0800. The summed E-state index contributed by atoms with van der Waals surface area (Å²) in [5, 5.41) is 10.8. The van der Waals surface area contributed by atoms with Gasteiger partial charge in [0, 0.05) is 5.54 Å². The van der Waals surface area contributed by atoms with Gasteiger partial charge in [0.05, 0.1) is 6.10 Å². The van der Waals surface area contributed by atoms with Gasteiger partial charge < -0.3 is 10.0 Å². The van der Waals surface area contributed by atoms with Gasteiger partial charge in [-0.05, 0) is 33.4 Å². The zero-order chi connectivity index (χ0) is 14.8. The first-order valence-electron chi connectivity index (χ1n) is 8.99. The van der Waals surface area contributed by atoms with Crippen molar-refractivity contribution in [3.63, 3.8) is 0 Å². The van der Waals surface area contributed by atoms with Crippen LogP contribution >= 0.6 is 0 Å². The van der Waals surface area contributed by atoms with Gasteiger partial charge in [0.25, 0.3) is 0 Å². The Morgan fingerprint density at radius 3 is 2.00 bits per heavy atom. The normalized spacial score (nSPS) is 20.9. The third-order valence-corrected chi connectivity index (χ3v) is 5.31. The van der Waals surface area contributed by atoms with Gasteiger partial charge >= 0.3 is 0 Å². The van der Waals surface area contributed by atoms with E-state index in [2.05, 4.69) is 25.9 Å². The van der Waals surface area contributed by atoms with Crippen molar-refractivity contribution in [3.8, 4) is 0 Å². The van der Waals surface area contributed by atoms with Gasteiger partial charge in [-0.15, -0.1) is 0 Å². The zero-order valence-electron chi connectivity index (χ0n) is 14.2. The maximum atomic E-state index is 10.8. The van der Waals surface area contributed by atoms with Gasteiger partial charge in [-0.2, -0.15) is 0 Å². The van der Waals surface area contributed by atoms with E-state index in [1.54, 1.807) is 0 Å². The number of nitrogens with zero attached hydrogens (tertiary/aromatic N) is 1. The minimum absolute atomic E-state index is 0.0555. The highest BCUT2D eigenvalue weighted by Gasteiger charge is 2.39. The summed E-state index contributed by atoms with van der Waals surface area (Å²) in [6.07, 6.45) is 16.3. The second kappa shape index (κ2) is 9.78. The average Bonchev–Trinajstić information content (AvgIpc) is 2.69. The molecule has 1 aliphatic carbocycles. The number of rotatable bonds is 9. The fourth-order valence-corrected chi connectivity index (χ4v) is 3.81. The Morgan fingerprint density at radius 2 is 1.45 bits per heavy atom. The second-order valence-electron chi connectivity index (χ2n) is 6.98. The number of aliphatic hydroxyl groups excluding tert-OH is 1. The van der Waals surface area contributed by atoms with Crippen LogP contribution in [0.1, 0.15) is 90.4 Å². The monoisotopic (exact) mass is 283 g/mol. The molecule has 1 unspecified atom stereocenters. The number of unbranched alkanes of at least 4 members (excludes halogenated alkanes) is 5. The van der Waals surface area contributed by atoms with Gasteiger partial charge in [0.15, 0.2) is 0 Å². The maximum Gasteiger partial charge on any atom is 0.0723 e. The molecule has 1 rings (SSSR count). The van der Waals surface area contributed by atoms with Crippen LogP contribution in [0.5, 0.6) is 0 Å². The lowest BCUT2D eigenvalue weighted by atomic mass is 9.81. The largest absolute Gasteiger partial charge is 0.391 e. The number of hydrogen-bond donors (Lipinski definition) is 1. The highest BCUT2D eigenvalue weighted by Crippen LogP contribution is 2.35. The molecule has 0 aromatic heterocycles. The maximum absolute atomic E-state index is 10.8. The molecule has 0 radical (unpaired) electrons. The predicted octanol–water partition coefficient (Wildman–Crippen LogP) is 4.75. The van der Waals surface area contributed by atoms with Gasteiger partial charge in [-0.25, -0.2) is 0 Å². The number of aliphatic hydroxyl groups is 1. The smallest absolute Gasteiger partial charge is 0.0723 e. The van der Waals surface area contributed by atoms with E-state index in [0.29, 0.717) is 0 Å². The van der Waals surface area contributed by atoms with E-state index in [4.69, 9.17) is 0 Å². The Labute approximate surface area is 126 Å². The van der Waals surface area contributed by atoms with Crippen molar-refractivity contribution in [2.75, 3.05) is 14.1 Å². The molecule has 2 heteroatoms.